The minimum absolute atomic E-state index is 0.322. The Balaban J connectivity index is 1.42. The van der Waals surface area contributed by atoms with E-state index in [4.69, 9.17) is 19.4 Å². The number of halogens is 2. The zero-order chi connectivity index (χ0) is 38.6. The van der Waals surface area contributed by atoms with Crippen molar-refractivity contribution in [1.82, 2.24) is 30.6 Å². The molecule has 52 heavy (non-hydrogen) atoms. The number of amides is 2. The Hall–Kier alpha value is -5.00. The summed E-state index contributed by atoms with van der Waals surface area (Å²) in [7, 11) is 0. The number of aromatic amines is 2. The molecule has 0 unspecified atom stereocenters. The minimum atomic E-state index is -0.674. The highest BCUT2D eigenvalue weighted by atomic mass is 19.1. The van der Waals surface area contributed by atoms with Crippen molar-refractivity contribution in [3.63, 3.8) is 0 Å². The average molecular weight is 717 g/mol. The van der Waals surface area contributed by atoms with Gasteiger partial charge < -0.3 is 30.1 Å². The first-order chi connectivity index (χ1) is 23.9. The fourth-order valence-electron chi connectivity index (χ4n) is 5.89. The van der Waals surface area contributed by atoms with Crippen LogP contribution in [0.1, 0.15) is 107 Å². The van der Waals surface area contributed by atoms with Crippen molar-refractivity contribution in [3.05, 3.63) is 71.8 Å². The van der Waals surface area contributed by atoms with Gasteiger partial charge in [0.2, 0.25) is 0 Å². The van der Waals surface area contributed by atoms with Gasteiger partial charge >= 0.3 is 12.2 Å². The van der Waals surface area contributed by atoms with E-state index in [1.807, 2.05) is 41.5 Å². The number of nitrogens with zero attached hydrogens (tertiary/aromatic N) is 2. The van der Waals surface area contributed by atoms with E-state index in [1.165, 1.54) is 12.1 Å². The number of ether oxygens (including phenoxy) is 2. The smallest absolute Gasteiger partial charge is 0.408 e. The molecule has 5 aromatic rings. The first-order valence-electron chi connectivity index (χ1n) is 17.4. The van der Waals surface area contributed by atoms with Crippen LogP contribution >= 0.6 is 0 Å². The fourth-order valence-corrected chi connectivity index (χ4v) is 5.89. The van der Waals surface area contributed by atoms with E-state index in [2.05, 4.69) is 20.6 Å². The van der Waals surface area contributed by atoms with Crippen molar-refractivity contribution < 1.29 is 27.8 Å². The monoisotopic (exact) mass is 716 g/mol. The van der Waals surface area contributed by atoms with Crippen LogP contribution in [-0.2, 0) is 9.47 Å². The molecule has 0 fully saturated rings. The maximum Gasteiger partial charge on any atom is 0.408 e. The zero-order valence-corrected chi connectivity index (χ0v) is 32.1. The molecule has 278 valence electrons. The number of fused-ring (bicyclic) bond motifs is 2. The quantitative estimate of drug-likeness (QED) is 0.138. The molecule has 0 aliphatic rings. The number of aromatic nitrogens is 4. The number of hydrogen-bond acceptors (Lipinski definition) is 6. The van der Waals surface area contributed by atoms with Gasteiger partial charge in [-0.1, -0.05) is 65.8 Å². The lowest BCUT2D eigenvalue weighted by atomic mass is 9.86. The summed E-state index contributed by atoms with van der Waals surface area (Å²) in [5.74, 6) is 0.0185. The molecule has 0 saturated heterocycles. The summed E-state index contributed by atoms with van der Waals surface area (Å²) in [5, 5.41) is 5.82. The predicted molar refractivity (Wildman–Crippen MR) is 200 cm³/mol. The predicted octanol–water partition coefficient (Wildman–Crippen LogP) is 10.3. The average Bonchev–Trinajstić information content (AvgIpc) is 3.58. The second-order valence-corrected chi connectivity index (χ2v) is 17.4. The number of hydrogen-bond donors (Lipinski definition) is 4. The molecule has 2 heterocycles. The number of imidazole rings is 2. The zero-order valence-electron chi connectivity index (χ0n) is 32.1. The second kappa shape index (κ2) is 13.5. The summed E-state index contributed by atoms with van der Waals surface area (Å²) in [5.41, 5.74) is 1.59. The lowest BCUT2D eigenvalue weighted by Gasteiger charge is -2.31. The molecule has 0 spiro atoms. The SMILES string of the molecule is CC(C)(C)OC(=O)N[C@H](c1nc2cc(-c3ccc(-c4cc5nc([C@@H](NC(=O)OC(C)(C)C)C(C)(C)C)[nH]c5cc4F)cc3)c(F)cc2[nH]1)C(C)(C)C. The lowest BCUT2D eigenvalue weighted by Crippen LogP contribution is -2.40. The molecule has 0 aliphatic carbocycles. The number of H-pyrrole nitrogens is 2. The van der Waals surface area contributed by atoms with Crippen molar-refractivity contribution in [3.8, 4) is 22.3 Å². The third-order valence-corrected chi connectivity index (χ3v) is 8.29. The van der Waals surface area contributed by atoms with Crippen molar-refractivity contribution in [1.29, 1.82) is 0 Å². The number of rotatable bonds is 6. The number of alkyl carbamates (subject to hydrolysis) is 2. The van der Waals surface area contributed by atoms with Crippen LogP contribution in [0, 0.1) is 22.5 Å². The Bertz CT molecular complexity index is 1960. The highest BCUT2D eigenvalue weighted by Gasteiger charge is 2.34. The van der Waals surface area contributed by atoms with Gasteiger partial charge in [-0.3, -0.25) is 0 Å². The van der Waals surface area contributed by atoms with E-state index in [1.54, 1.807) is 77.9 Å². The van der Waals surface area contributed by atoms with Gasteiger partial charge in [0.05, 0.1) is 34.2 Å². The summed E-state index contributed by atoms with van der Waals surface area (Å²) in [6.07, 6.45) is -1.15. The van der Waals surface area contributed by atoms with Gasteiger partial charge in [-0.05, 0) is 75.6 Å². The Morgan fingerprint density at radius 3 is 1.21 bits per heavy atom. The first kappa shape index (κ1) is 38.2. The van der Waals surface area contributed by atoms with Crippen LogP contribution in [0.2, 0.25) is 0 Å². The molecule has 2 atom stereocenters. The summed E-state index contributed by atoms with van der Waals surface area (Å²) in [6, 6.07) is 11.9. The fraction of sp³-hybridized carbons (Fsp3) is 0.450. The van der Waals surface area contributed by atoms with Crippen molar-refractivity contribution >= 4 is 34.3 Å². The van der Waals surface area contributed by atoms with Crippen LogP contribution in [0.15, 0.2) is 48.5 Å². The standard InChI is InChI=1S/C40H50F2N6O4/c1-37(2,3)31(47-35(49)51-39(7,8)9)33-43-27-17-23(25(41)19-29(27)45-33)21-13-15-22(16-14-21)24-18-28-30(20-26(24)42)46-34(44-28)32(38(4,5)6)48-36(50)52-40(10,11)12/h13-20,31-32H,1-12H3,(H,43,45)(H,44,46)(H,47,49)(H,48,50)/t31-,32-/m1/s1. The number of nitrogens with one attached hydrogen (secondary N) is 4. The third-order valence-electron chi connectivity index (χ3n) is 8.29. The molecule has 0 bridgehead atoms. The molecular weight excluding hydrogens is 666 g/mol. The van der Waals surface area contributed by atoms with E-state index in [0.717, 1.165) is 0 Å². The van der Waals surface area contributed by atoms with Gasteiger partial charge in [0, 0.05) is 23.3 Å². The summed E-state index contributed by atoms with van der Waals surface area (Å²) in [6.45, 7) is 22.5. The topological polar surface area (TPSA) is 134 Å². The normalized spacial score (nSPS) is 14.0. The van der Waals surface area contributed by atoms with E-state index >= 15 is 8.78 Å². The van der Waals surface area contributed by atoms with Crippen molar-refractivity contribution in [2.24, 2.45) is 10.8 Å². The van der Waals surface area contributed by atoms with Crippen LogP contribution in [-0.4, -0.2) is 43.3 Å². The Labute approximate surface area is 303 Å². The van der Waals surface area contributed by atoms with Gasteiger partial charge in [0.15, 0.2) is 0 Å². The molecule has 5 rings (SSSR count). The van der Waals surface area contributed by atoms with E-state index in [-0.39, 0.29) is 0 Å². The highest BCUT2D eigenvalue weighted by molar-refractivity contribution is 5.85. The molecule has 12 heteroatoms. The van der Waals surface area contributed by atoms with Crippen LogP contribution in [0.4, 0.5) is 18.4 Å². The molecule has 10 nitrogen and oxygen atoms in total. The maximum atomic E-state index is 15.6. The molecule has 2 amide bonds. The van der Waals surface area contributed by atoms with Crippen LogP contribution in [0.5, 0.6) is 0 Å². The van der Waals surface area contributed by atoms with Crippen molar-refractivity contribution in [2.75, 3.05) is 0 Å². The molecule has 0 aliphatic heterocycles. The van der Waals surface area contributed by atoms with Crippen LogP contribution in [0.25, 0.3) is 44.3 Å². The lowest BCUT2D eigenvalue weighted by molar-refractivity contribution is 0.0448. The highest BCUT2D eigenvalue weighted by Crippen LogP contribution is 2.37. The molecular formula is C40H50F2N6O4. The molecule has 0 saturated carbocycles. The van der Waals surface area contributed by atoms with Gasteiger partial charge in [0.1, 0.15) is 34.5 Å². The number of carbonyl (C=O) groups is 2. The summed E-state index contributed by atoms with van der Waals surface area (Å²) < 4.78 is 42.1. The Morgan fingerprint density at radius 2 is 0.923 bits per heavy atom. The Kier molecular flexibility index (Phi) is 9.94. The minimum Gasteiger partial charge on any atom is -0.444 e. The third kappa shape index (κ3) is 8.89. The van der Waals surface area contributed by atoms with E-state index in [9.17, 15) is 9.59 Å². The number of carbonyl (C=O) groups excluding carboxylic acids is 2. The van der Waals surface area contributed by atoms with Gasteiger partial charge in [-0.25, -0.2) is 28.3 Å². The molecule has 3 aromatic carbocycles. The largest absolute Gasteiger partial charge is 0.444 e. The van der Waals surface area contributed by atoms with E-state index in [0.29, 0.717) is 56.0 Å². The van der Waals surface area contributed by atoms with Gasteiger partial charge in [-0.2, -0.15) is 0 Å². The van der Waals surface area contributed by atoms with Gasteiger partial charge in [0.25, 0.3) is 0 Å². The second-order valence-electron chi connectivity index (χ2n) is 17.4. The van der Waals surface area contributed by atoms with Crippen molar-refractivity contribution in [2.45, 2.75) is 106 Å². The summed E-state index contributed by atoms with van der Waals surface area (Å²) in [4.78, 5) is 41.2. The van der Waals surface area contributed by atoms with E-state index < -0.39 is 57.9 Å². The van der Waals surface area contributed by atoms with Gasteiger partial charge in [-0.15, -0.1) is 0 Å². The van der Waals surface area contributed by atoms with Crippen LogP contribution in [0.3, 0.4) is 0 Å². The first-order valence-corrected chi connectivity index (χ1v) is 17.4. The number of benzene rings is 3. The summed E-state index contributed by atoms with van der Waals surface area (Å²) >= 11 is 0. The van der Waals surface area contributed by atoms with Crippen LogP contribution < -0.4 is 10.6 Å². The molecule has 2 aromatic heterocycles. The molecule has 4 N–H and O–H groups in total. The Morgan fingerprint density at radius 1 is 0.596 bits per heavy atom. The maximum absolute atomic E-state index is 15.6. The molecule has 0 radical (unpaired) electrons.